The van der Waals surface area contributed by atoms with E-state index in [0.29, 0.717) is 11.7 Å². The summed E-state index contributed by atoms with van der Waals surface area (Å²) >= 11 is 0. The van der Waals surface area contributed by atoms with Crippen molar-refractivity contribution in [1.29, 1.82) is 0 Å². The van der Waals surface area contributed by atoms with Crippen molar-refractivity contribution < 1.29 is 4.79 Å². The number of anilines is 1. The van der Waals surface area contributed by atoms with E-state index in [4.69, 9.17) is 0 Å². The highest BCUT2D eigenvalue weighted by Crippen LogP contribution is 2.25. The van der Waals surface area contributed by atoms with Crippen molar-refractivity contribution in [3.05, 3.63) is 23.9 Å². The topological polar surface area (TPSA) is 48.5 Å². The first-order chi connectivity index (χ1) is 10.2. The second-order valence-electron chi connectivity index (χ2n) is 6.04. The SMILES string of the molecule is CCNc1cccc(C(=O)N2CC3CCCN3CC2C)n1. The highest BCUT2D eigenvalue weighted by atomic mass is 16.2. The predicted molar refractivity (Wildman–Crippen MR) is 83.5 cm³/mol. The normalized spacial score (nSPS) is 25.7. The van der Waals surface area contributed by atoms with Crippen LogP contribution >= 0.6 is 0 Å². The van der Waals surface area contributed by atoms with Crippen LogP contribution in [0.15, 0.2) is 18.2 Å². The number of hydrogen-bond acceptors (Lipinski definition) is 4. The summed E-state index contributed by atoms with van der Waals surface area (Å²) < 4.78 is 0. The Kier molecular flexibility index (Phi) is 4.10. The first kappa shape index (κ1) is 14.3. The van der Waals surface area contributed by atoms with Crippen molar-refractivity contribution in [2.24, 2.45) is 0 Å². The highest BCUT2D eigenvalue weighted by molar-refractivity contribution is 5.93. The van der Waals surface area contributed by atoms with Gasteiger partial charge in [0.1, 0.15) is 11.5 Å². The molecule has 5 nitrogen and oxygen atoms in total. The van der Waals surface area contributed by atoms with Crippen LogP contribution in [-0.2, 0) is 0 Å². The van der Waals surface area contributed by atoms with Crippen LogP contribution in [0.5, 0.6) is 0 Å². The molecule has 0 radical (unpaired) electrons. The summed E-state index contributed by atoms with van der Waals surface area (Å²) in [6.45, 7) is 7.99. The summed E-state index contributed by atoms with van der Waals surface area (Å²) in [6, 6.07) is 6.42. The van der Waals surface area contributed by atoms with Crippen LogP contribution < -0.4 is 5.32 Å². The maximum absolute atomic E-state index is 12.8. The van der Waals surface area contributed by atoms with Crippen LogP contribution in [0.4, 0.5) is 5.82 Å². The van der Waals surface area contributed by atoms with Crippen molar-refractivity contribution in [3.8, 4) is 0 Å². The standard InChI is InChI=1S/C16H24N4O/c1-3-17-15-8-4-7-14(18-15)16(21)20-11-13-6-5-9-19(13)10-12(20)2/h4,7-8,12-13H,3,5-6,9-11H2,1-2H3,(H,17,18). The lowest BCUT2D eigenvalue weighted by molar-refractivity contribution is 0.0390. The molecule has 0 aliphatic carbocycles. The largest absolute Gasteiger partial charge is 0.370 e. The number of piperazine rings is 1. The molecule has 1 aromatic rings. The molecule has 114 valence electrons. The van der Waals surface area contributed by atoms with Gasteiger partial charge in [-0.2, -0.15) is 0 Å². The zero-order valence-corrected chi connectivity index (χ0v) is 12.9. The monoisotopic (exact) mass is 288 g/mol. The van der Waals surface area contributed by atoms with Gasteiger partial charge in [0.05, 0.1) is 0 Å². The van der Waals surface area contributed by atoms with Gasteiger partial charge in [0.25, 0.3) is 5.91 Å². The zero-order chi connectivity index (χ0) is 14.8. The second kappa shape index (κ2) is 6.02. The predicted octanol–water partition coefficient (Wildman–Crippen LogP) is 1.82. The lowest BCUT2D eigenvalue weighted by Crippen LogP contribution is -2.56. The Balaban J connectivity index is 1.76. The number of hydrogen-bond donors (Lipinski definition) is 1. The molecule has 1 amide bonds. The molecule has 0 saturated carbocycles. The Morgan fingerprint density at radius 1 is 1.43 bits per heavy atom. The van der Waals surface area contributed by atoms with E-state index in [1.807, 2.05) is 30.0 Å². The fraction of sp³-hybridized carbons (Fsp3) is 0.625. The van der Waals surface area contributed by atoms with Crippen LogP contribution in [0.2, 0.25) is 0 Å². The first-order valence-corrected chi connectivity index (χ1v) is 7.95. The molecule has 2 saturated heterocycles. The van der Waals surface area contributed by atoms with Gasteiger partial charge in [-0.05, 0) is 45.4 Å². The van der Waals surface area contributed by atoms with Crippen molar-refractivity contribution in [2.75, 3.05) is 31.5 Å². The maximum Gasteiger partial charge on any atom is 0.272 e. The van der Waals surface area contributed by atoms with Gasteiger partial charge >= 0.3 is 0 Å². The molecule has 3 heterocycles. The van der Waals surface area contributed by atoms with E-state index in [1.165, 1.54) is 19.4 Å². The minimum atomic E-state index is 0.0637. The van der Waals surface area contributed by atoms with Crippen molar-refractivity contribution in [2.45, 2.75) is 38.8 Å². The Labute approximate surface area is 126 Å². The molecule has 3 rings (SSSR count). The van der Waals surface area contributed by atoms with Gasteiger partial charge in [-0.1, -0.05) is 6.07 Å². The lowest BCUT2D eigenvalue weighted by Gasteiger charge is -2.42. The van der Waals surface area contributed by atoms with Crippen molar-refractivity contribution >= 4 is 11.7 Å². The minimum Gasteiger partial charge on any atom is -0.370 e. The number of fused-ring (bicyclic) bond motifs is 1. The molecule has 2 aliphatic rings. The summed E-state index contributed by atoms with van der Waals surface area (Å²) in [7, 11) is 0. The van der Waals surface area contributed by atoms with E-state index in [0.717, 1.165) is 25.5 Å². The summed E-state index contributed by atoms with van der Waals surface area (Å²) in [6.07, 6.45) is 2.47. The van der Waals surface area contributed by atoms with E-state index in [9.17, 15) is 4.79 Å². The molecule has 1 N–H and O–H groups in total. The second-order valence-corrected chi connectivity index (χ2v) is 6.04. The van der Waals surface area contributed by atoms with E-state index in [2.05, 4.69) is 22.1 Å². The molecule has 2 fully saturated rings. The highest BCUT2D eigenvalue weighted by Gasteiger charge is 2.37. The Hall–Kier alpha value is -1.62. The molecule has 0 spiro atoms. The molecule has 0 aromatic carbocycles. The molecule has 5 heteroatoms. The fourth-order valence-electron chi connectivity index (χ4n) is 3.45. The molecule has 2 aliphatic heterocycles. The van der Waals surface area contributed by atoms with Crippen LogP contribution in [0, 0.1) is 0 Å². The quantitative estimate of drug-likeness (QED) is 0.922. The van der Waals surface area contributed by atoms with Gasteiger partial charge in [0, 0.05) is 31.7 Å². The number of carbonyl (C=O) groups is 1. The van der Waals surface area contributed by atoms with Gasteiger partial charge in [-0.15, -0.1) is 0 Å². The zero-order valence-electron chi connectivity index (χ0n) is 12.9. The van der Waals surface area contributed by atoms with Crippen molar-refractivity contribution in [3.63, 3.8) is 0 Å². The molecule has 1 aromatic heterocycles. The average molecular weight is 288 g/mol. The third kappa shape index (κ3) is 2.88. The smallest absolute Gasteiger partial charge is 0.272 e. The number of nitrogens with zero attached hydrogens (tertiary/aromatic N) is 3. The van der Waals surface area contributed by atoms with Crippen LogP contribution in [0.25, 0.3) is 0 Å². The van der Waals surface area contributed by atoms with Crippen LogP contribution in [0.3, 0.4) is 0 Å². The number of rotatable bonds is 3. The van der Waals surface area contributed by atoms with Gasteiger partial charge in [-0.25, -0.2) is 4.98 Å². The van der Waals surface area contributed by atoms with Gasteiger partial charge in [-0.3, -0.25) is 9.69 Å². The summed E-state index contributed by atoms with van der Waals surface area (Å²) in [5.74, 6) is 0.837. The molecule has 2 atom stereocenters. The number of carbonyl (C=O) groups excluding carboxylic acids is 1. The molecule has 0 bridgehead atoms. The van der Waals surface area contributed by atoms with E-state index >= 15 is 0 Å². The fourth-order valence-corrected chi connectivity index (χ4v) is 3.45. The number of pyridine rings is 1. The van der Waals surface area contributed by atoms with Gasteiger partial charge in [0.15, 0.2) is 0 Å². The molecular weight excluding hydrogens is 264 g/mol. The average Bonchev–Trinajstić information content (AvgIpc) is 2.93. The maximum atomic E-state index is 12.8. The molecular formula is C16H24N4O. The Bertz CT molecular complexity index is 519. The van der Waals surface area contributed by atoms with Crippen LogP contribution in [0.1, 0.15) is 37.2 Å². The Morgan fingerprint density at radius 3 is 3.10 bits per heavy atom. The van der Waals surface area contributed by atoms with Gasteiger partial charge in [0.2, 0.25) is 0 Å². The summed E-state index contributed by atoms with van der Waals surface area (Å²) in [5.41, 5.74) is 0.548. The lowest BCUT2D eigenvalue weighted by atomic mass is 10.1. The Morgan fingerprint density at radius 2 is 2.29 bits per heavy atom. The van der Waals surface area contributed by atoms with Gasteiger partial charge < -0.3 is 10.2 Å². The third-order valence-electron chi connectivity index (χ3n) is 4.52. The number of amides is 1. The third-order valence-corrected chi connectivity index (χ3v) is 4.52. The summed E-state index contributed by atoms with van der Waals surface area (Å²) in [5, 5.41) is 3.16. The van der Waals surface area contributed by atoms with E-state index in [1.54, 1.807) is 0 Å². The van der Waals surface area contributed by atoms with E-state index in [-0.39, 0.29) is 11.9 Å². The van der Waals surface area contributed by atoms with Crippen LogP contribution in [-0.4, -0.2) is 59.0 Å². The molecule has 21 heavy (non-hydrogen) atoms. The van der Waals surface area contributed by atoms with E-state index < -0.39 is 0 Å². The number of aromatic nitrogens is 1. The van der Waals surface area contributed by atoms with Crippen molar-refractivity contribution in [1.82, 2.24) is 14.8 Å². The molecule has 2 unspecified atom stereocenters. The first-order valence-electron chi connectivity index (χ1n) is 7.95. The number of nitrogens with one attached hydrogen (secondary N) is 1. The summed E-state index contributed by atoms with van der Waals surface area (Å²) in [4.78, 5) is 21.7. The minimum absolute atomic E-state index is 0.0637.